The van der Waals surface area contributed by atoms with E-state index in [0.717, 1.165) is 12.1 Å². The van der Waals surface area contributed by atoms with Gasteiger partial charge in [-0.15, -0.1) is 13.2 Å². The van der Waals surface area contributed by atoms with Gasteiger partial charge in [0.05, 0.1) is 12.7 Å². The Morgan fingerprint density at radius 2 is 1.97 bits per heavy atom. The van der Waals surface area contributed by atoms with Gasteiger partial charge in [0.2, 0.25) is 0 Å². The number of amides is 2. The van der Waals surface area contributed by atoms with Gasteiger partial charge in [0.25, 0.3) is 0 Å². The summed E-state index contributed by atoms with van der Waals surface area (Å²) in [4.78, 5) is 17.7. The zero-order valence-electron chi connectivity index (χ0n) is 18.2. The zero-order chi connectivity index (χ0) is 25.1. The van der Waals surface area contributed by atoms with Crippen molar-refractivity contribution >= 4 is 11.7 Å². The maximum atomic E-state index is 15.5. The fraction of sp³-hybridized carbons (Fsp3) is 0.455. The number of nitrogens with one attached hydrogen (secondary N) is 1. The molecule has 1 aliphatic rings. The van der Waals surface area contributed by atoms with Crippen molar-refractivity contribution in [2.24, 2.45) is 0 Å². The van der Waals surface area contributed by atoms with Crippen molar-refractivity contribution in [2.75, 3.05) is 25.0 Å². The first-order valence-electron chi connectivity index (χ1n) is 10.5. The van der Waals surface area contributed by atoms with Crippen LogP contribution in [0, 0.1) is 12.7 Å². The number of pyridine rings is 1. The summed E-state index contributed by atoms with van der Waals surface area (Å²) in [6, 6.07) is 4.14. The average molecular weight is 489 g/mol. The van der Waals surface area contributed by atoms with Crippen LogP contribution >= 0.6 is 0 Å². The van der Waals surface area contributed by atoms with Gasteiger partial charge in [0, 0.05) is 44.2 Å². The number of ether oxygens (including phenoxy) is 1. The lowest BCUT2D eigenvalue weighted by Crippen LogP contribution is -2.45. The van der Waals surface area contributed by atoms with Crippen molar-refractivity contribution in [3.8, 4) is 5.75 Å². The highest BCUT2D eigenvalue weighted by Gasteiger charge is 2.41. The molecule has 12 heteroatoms. The van der Waals surface area contributed by atoms with E-state index in [2.05, 4.69) is 15.0 Å². The molecule has 1 saturated heterocycles. The van der Waals surface area contributed by atoms with Crippen molar-refractivity contribution in [3.05, 3.63) is 53.1 Å². The summed E-state index contributed by atoms with van der Waals surface area (Å²) in [5, 5.41) is 20.9. The summed E-state index contributed by atoms with van der Waals surface area (Å²) >= 11 is 0. The molecule has 1 aliphatic heterocycles. The lowest BCUT2D eigenvalue weighted by atomic mass is 9.89. The Balaban J connectivity index is 1.61. The van der Waals surface area contributed by atoms with Crippen molar-refractivity contribution in [1.29, 1.82) is 0 Å². The maximum Gasteiger partial charge on any atom is 0.573 e. The Morgan fingerprint density at radius 3 is 2.53 bits per heavy atom. The van der Waals surface area contributed by atoms with Gasteiger partial charge in [-0.05, 0) is 42.3 Å². The number of alkyl halides is 4. The largest absolute Gasteiger partial charge is 0.573 e. The van der Waals surface area contributed by atoms with Crippen molar-refractivity contribution in [1.82, 2.24) is 9.88 Å². The van der Waals surface area contributed by atoms with E-state index in [1.165, 1.54) is 30.2 Å². The molecule has 0 saturated carbocycles. The number of hydrogen-bond donors (Lipinski definition) is 3. The molecule has 1 atom stereocenters. The molecule has 34 heavy (non-hydrogen) atoms. The summed E-state index contributed by atoms with van der Waals surface area (Å²) in [5.41, 5.74) is -1.77. The number of aryl methyl sites for hydroxylation is 1. The zero-order valence-corrected chi connectivity index (χ0v) is 18.2. The van der Waals surface area contributed by atoms with Crippen LogP contribution in [0.4, 0.5) is 32.4 Å². The second-order valence-corrected chi connectivity index (χ2v) is 8.13. The molecule has 3 rings (SSSR count). The summed E-state index contributed by atoms with van der Waals surface area (Å²) in [6.07, 6.45) is -5.12. The molecule has 0 spiro atoms. The maximum absolute atomic E-state index is 15.5. The minimum absolute atomic E-state index is 0.0310. The number of aliphatic hydroxyl groups is 2. The minimum atomic E-state index is -4.84. The number of nitrogens with zero attached hydrogens (tertiary/aromatic N) is 2. The Morgan fingerprint density at radius 1 is 1.29 bits per heavy atom. The van der Waals surface area contributed by atoms with Crippen LogP contribution in [-0.4, -0.2) is 58.3 Å². The molecule has 0 unspecified atom stereocenters. The minimum Gasteiger partial charge on any atom is -0.406 e. The number of benzene rings is 1. The van der Waals surface area contributed by atoms with E-state index in [0.29, 0.717) is 5.56 Å². The molecule has 2 amide bonds. The van der Waals surface area contributed by atoms with Gasteiger partial charge in [-0.1, -0.05) is 0 Å². The lowest BCUT2D eigenvalue weighted by molar-refractivity contribution is -0.274. The number of aliphatic hydroxyl groups excluding tert-OH is 2. The van der Waals surface area contributed by atoms with E-state index in [-0.39, 0.29) is 49.3 Å². The molecule has 2 heterocycles. The fourth-order valence-corrected chi connectivity index (χ4v) is 3.73. The van der Waals surface area contributed by atoms with Crippen LogP contribution in [0.2, 0.25) is 0 Å². The first-order chi connectivity index (χ1) is 15.9. The standard InChI is InChI=1S/C22H24F5N3O4/c1-13-8-15(2-3-18(13)34-22(25,26)27)29-20(33)30-6-4-21(24,5-7-30)19-17(23)10-14(11-28-19)9-16(32)12-31/h2-3,8,10-11,16,31-32H,4-7,9,12H2,1H3,(H,29,33)/t16-/m0/s1. The molecule has 1 aromatic carbocycles. The monoisotopic (exact) mass is 489 g/mol. The molecule has 186 valence electrons. The predicted octanol–water partition coefficient (Wildman–Crippen LogP) is 3.82. The number of urea groups is 1. The SMILES string of the molecule is Cc1cc(NC(=O)N2CCC(F)(c3ncc(C[C@H](O)CO)cc3F)CC2)ccc1OC(F)(F)F. The highest BCUT2D eigenvalue weighted by atomic mass is 19.4. The van der Waals surface area contributed by atoms with Crippen molar-refractivity contribution in [3.63, 3.8) is 0 Å². The Kier molecular flexibility index (Phi) is 7.61. The first-order valence-corrected chi connectivity index (χ1v) is 10.5. The molecule has 0 bridgehead atoms. The lowest BCUT2D eigenvalue weighted by Gasteiger charge is -2.36. The summed E-state index contributed by atoms with van der Waals surface area (Å²) in [5.74, 6) is -1.27. The molecule has 0 radical (unpaired) electrons. The highest BCUT2D eigenvalue weighted by molar-refractivity contribution is 5.89. The fourth-order valence-electron chi connectivity index (χ4n) is 3.73. The van der Waals surface area contributed by atoms with Gasteiger partial charge in [0.15, 0.2) is 5.67 Å². The van der Waals surface area contributed by atoms with E-state index in [1.54, 1.807) is 0 Å². The van der Waals surface area contributed by atoms with Crippen LogP contribution in [0.5, 0.6) is 5.75 Å². The van der Waals surface area contributed by atoms with Crippen LogP contribution < -0.4 is 10.1 Å². The molecule has 2 aromatic rings. The highest BCUT2D eigenvalue weighted by Crippen LogP contribution is 2.37. The van der Waals surface area contributed by atoms with Crippen LogP contribution in [0.25, 0.3) is 0 Å². The number of rotatable bonds is 6. The molecular formula is C22H24F5N3O4. The van der Waals surface area contributed by atoms with Crippen molar-refractivity contribution < 1.29 is 41.7 Å². The molecule has 0 aliphatic carbocycles. The number of piperidine rings is 1. The number of anilines is 1. The van der Waals surface area contributed by atoms with E-state index in [4.69, 9.17) is 5.11 Å². The third kappa shape index (κ3) is 6.32. The quantitative estimate of drug-likeness (QED) is 0.537. The second-order valence-electron chi connectivity index (χ2n) is 8.13. The molecular weight excluding hydrogens is 465 g/mol. The Labute approximate surface area is 192 Å². The second kappa shape index (κ2) is 10.1. The number of carbonyl (C=O) groups is 1. The van der Waals surface area contributed by atoms with E-state index >= 15 is 4.39 Å². The summed E-state index contributed by atoms with van der Waals surface area (Å²) in [6.45, 7) is 0.817. The molecule has 1 fully saturated rings. The predicted molar refractivity (Wildman–Crippen MR) is 111 cm³/mol. The van der Waals surface area contributed by atoms with Gasteiger partial charge in [-0.2, -0.15) is 0 Å². The normalized spacial score (nSPS) is 16.8. The number of aromatic nitrogens is 1. The van der Waals surface area contributed by atoms with Gasteiger partial charge < -0.3 is 25.2 Å². The smallest absolute Gasteiger partial charge is 0.406 e. The molecule has 1 aromatic heterocycles. The van der Waals surface area contributed by atoms with Crippen molar-refractivity contribution in [2.45, 2.75) is 44.3 Å². The average Bonchev–Trinajstić information content (AvgIpc) is 2.75. The van der Waals surface area contributed by atoms with Gasteiger partial charge >= 0.3 is 12.4 Å². The third-order valence-corrected chi connectivity index (χ3v) is 5.50. The van der Waals surface area contributed by atoms with Gasteiger partial charge in [-0.3, -0.25) is 4.98 Å². The molecule has 7 nitrogen and oxygen atoms in total. The number of halogens is 5. The Hall–Kier alpha value is -2.99. The van der Waals surface area contributed by atoms with Gasteiger partial charge in [0.1, 0.15) is 17.3 Å². The van der Waals surface area contributed by atoms with E-state index in [1.807, 2.05) is 0 Å². The first kappa shape index (κ1) is 25.6. The third-order valence-electron chi connectivity index (χ3n) is 5.50. The number of likely N-dealkylation sites (tertiary alicyclic amines) is 1. The van der Waals surface area contributed by atoms with Crippen LogP contribution in [-0.2, 0) is 12.1 Å². The molecule has 3 N–H and O–H groups in total. The van der Waals surface area contributed by atoms with Crippen LogP contribution in [0.1, 0.15) is 29.7 Å². The topological polar surface area (TPSA) is 94.9 Å². The van der Waals surface area contributed by atoms with Gasteiger partial charge in [-0.25, -0.2) is 13.6 Å². The summed E-state index contributed by atoms with van der Waals surface area (Å²) < 4.78 is 71.1. The van der Waals surface area contributed by atoms with E-state index < -0.39 is 42.3 Å². The number of carbonyl (C=O) groups excluding carboxylic acids is 1. The van der Waals surface area contributed by atoms with E-state index in [9.17, 15) is 27.5 Å². The van der Waals surface area contributed by atoms with Crippen LogP contribution in [0.3, 0.4) is 0 Å². The van der Waals surface area contributed by atoms with Crippen LogP contribution in [0.15, 0.2) is 30.5 Å². The Bertz CT molecular complexity index is 1030. The summed E-state index contributed by atoms with van der Waals surface area (Å²) in [7, 11) is 0. The number of hydrogen-bond acceptors (Lipinski definition) is 5.